The van der Waals surface area contributed by atoms with Gasteiger partial charge in [0, 0.05) is 5.56 Å². The van der Waals surface area contributed by atoms with E-state index in [9.17, 15) is 0 Å². The smallest absolute Gasteiger partial charge is 0.127 e. The van der Waals surface area contributed by atoms with Crippen molar-refractivity contribution in [2.75, 3.05) is 0 Å². The van der Waals surface area contributed by atoms with E-state index in [4.69, 9.17) is 4.74 Å². The topological polar surface area (TPSA) is 9.23 Å². The fourth-order valence-electron chi connectivity index (χ4n) is 1.38. The summed E-state index contributed by atoms with van der Waals surface area (Å²) < 4.78 is 5.66. The Morgan fingerprint density at radius 2 is 1.44 bits per heavy atom. The molecule has 2 aromatic carbocycles. The summed E-state index contributed by atoms with van der Waals surface area (Å²) >= 11 is 0. The fraction of sp³-hybridized carbons (Fsp3) is 0.0667. The predicted molar refractivity (Wildman–Crippen MR) is 65.5 cm³/mol. The van der Waals surface area contributed by atoms with Gasteiger partial charge in [0.1, 0.15) is 11.5 Å². The van der Waals surface area contributed by atoms with E-state index in [0.29, 0.717) is 0 Å². The van der Waals surface area contributed by atoms with Gasteiger partial charge in [0.05, 0.1) is 0 Å². The van der Waals surface area contributed by atoms with Gasteiger partial charge in [-0.25, -0.2) is 0 Å². The Morgan fingerprint density at radius 3 is 2.06 bits per heavy atom. The van der Waals surface area contributed by atoms with Gasteiger partial charge < -0.3 is 4.74 Å². The summed E-state index contributed by atoms with van der Waals surface area (Å²) in [5.74, 6) is 7.53. The first-order valence-electron chi connectivity index (χ1n) is 5.14. The highest BCUT2D eigenvalue weighted by molar-refractivity contribution is 5.39. The minimum Gasteiger partial charge on any atom is -0.457 e. The Morgan fingerprint density at radius 1 is 0.812 bits per heavy atom. The van der Waals surface area contributed by atoms with E-state index in [1.165, 1.54) is 0 Å². The average molecular weight is 208 g/mol. The molecule has 0 aliphatic carbocycles. The summed E-state index contributed by atoms with van der Waals surface area (Å²) in [6, 6.07) is 17.5. The lowest BCUT2D eigenvalue weighted by Gasteiger charge is -2.04. The monoisotopic (exact) mass is 208 g/mol. The molecule has 0 radical (unpaired) electrons. The number of benzene rings is 2. The SMILES string of the molecule is CC#Cc1ccc(Oc2ccccc2)cc1. The molecule has 0 bridgehead atoms. The first kappa shape index (κ1) is 10.3. The summed E-state index contributed by atoms with van der Waals surface area (Å²) in [5, 5.41) is 0. The van der Waals surface area contributed by atoms with Crippen LogP contribution in [0.3, 0.4) is 0 Å². The molecule has 0 N–H and O–H groups in total. The van der Waals surface area contributed by atoms with Gasteiger partial charge in [-0.05, 0) is 43.3 Å². The predicted octanol–water partition coefficient (Wildman–Crippen LogP) is 3.85. The standard InChI is InChI=1S/C15H12O/c1-2-6-13-9-11-15(12-10-13)16-14-7-4-3-5-8-14/h3-5,7-12H,1H3. The maximum absolute atomic E-state index is 5.66. The van der Waals surface area contributed by atoms with Crippen molar-refractivity contribution >= 4 is 0 Å². The number of hydrogen-bond acceptors (Lipinski definition) is 1. The van der Waals surface area contributed by atoms with E-state index in [1.807, 2.05) is 61.5 Å². The van der Waals surface area contributed by atoms with Crippen molar-refractivity contribution in [1.29, 1.82) is 0 Å². The zero-order valence-corrected chi connectivity index (χ0v) is 9.10. The Kier molecular flexibility index (Phi) is 3.25. The number of hydrogen-bond donors (Lipinski definition) is 0. The van der Waals surface area contributed by atoms with Crippen LogP contribution in [-0.2, 0) is 0 Å². The van der Waals surface area contributed by atoms with Crippen molar-refractivity contribution in [2.24, 2.45) is 0 Å². The van der Waals surface area contributed by atoms with Crippen molar-refractivity contribution in [2.45, 2.75) is 6.92 Å². The molecule has 0 atom stereocenters. The van der Waals surface area contributed by atoms with Gasteiger partial charge in [-0.2, -0.15) is 0 Å². The molecule has 1 nitrogen and oxygen atoms in total. The largest absolute Gasteiger partial charge is 0.457 e. The summed E-state index contributed by atoms with van der Waals surface area (Å²) in [4.78, 5) is 0. The molecular formula is C15H12O. The molecule has 0 aliphatic rings. The van der Waals surface area contributed by atoms with E-state index in [0.717, 1.165) is 17.1 Å². The van der Waals surface area contributed by atoms with Gasteiger partial charge in [0.15, 0.2) is 0 Å². The number of rotatable bonds is 2. The van der Waals surface area contributed by atoms with Gasteiger partial charge >= 0.3 is 0 Å². The highest BCUT2D eigenvalue weighted by Gasteiger charge is 1.95. The highest BCUT2D eigenvalue weighted by Crippen LogP contribution is 2.20. The molecule has 0 amide bonds. The van der Waals surface area contributed by atoms with Crippen LogP contribution in [0.25, 0.3) is 0 Å². The van der Waals surface area contributed by atoms with E-state index >= 15 is 0 Å². The molecule has 0 spiro atoms. The van der Waals surface area contributed by atoms with Crippen LogP contribution in [-0.4, -0.2) is 0 Å². The molecule has 0 aromatic heterocycles. The molecule has 2 rings (SSSR count). The average Bonchev–Trinajstić information content (AvgIpc) is 2.33. The third kappa shape index (κ3) is 2.65. The normalized spacial score (nSPS) is 9.06. The van der Waals surface area contributed by atoms with E-state index < -0.39 is 0 Å². The second kappa shape index (κ2) is 5.04. The van der Waals surface area contributed by atoms with Crippen LogP contribution in [0.2, 0.25) is 0 Å². The third-order valence-corrected chi connectivity index (χ3v) is 2.10. The quantitative estimate of drug-likeness (QED) is 0.681. The van der Waals surface area contributed by atoms with Crippen LogP contribution in [0.5, 0.6) is 11.5 Å². The minimum absolute atomic E-state index is 0.827. The van der Waals surface area contributed by atoms with E-state index in [2.05, 4.69) is 11.8 Å². The Balaban J connectivity index is 2.13. The van der Waals surface area contributed by atoms with Crippen LogP contribution in [0.1, 0.15) is 12.5 Å². The van der Waals surface area contributed by atoms with Crippen molar-refractivity contribution < 1.29 is 4.74 Å². The van der Waals surface area contributed by atoms with Gasteiger partial charge in [0.2, 0.25) is 0 Å². The molecule has 0 saturated carbocycles. The first-order valence-corrected chi connectivity index (χ1v) is 5.14. The lowest BCUT2D eigenvalue weighted by molar-refractivity contribution is 0.482. The van der Waals surface area contributed by atoms with Crippen molar-refractivity contribution in [3.05, 3.63) is 60.2 Å². The molecule has 0 unspecified atom stereocenters. The molecule has 1 heteroatoms. The lowest BCUT2D eigenvalue weighted by Crippen LogP contribution is -1.83. The Labute approximate surface area is 95.7 Å². The zero-order valence-electron chi connectivity index (χ0n) is 9.10. The Bertz CT molecular complexity index is 501. The number of para-hydroxylation sites is 1. The van der Waals surface area contributed by atoms with Gasteiger partial charge in [0.25, 0.3) is 0 Å². The molecule has 2 aromatic rings. The molecule has 0 heterocycles. The van der Waals surface area contributed by atoms with Crippen molar-refractivity contribution in [1.82, 2.24) is 0 Å². The summed E-state index contributed by atoms with van der Waals surface area (Å²) in [5.41, 5.74) is 1.00. The Hall–Kier alpha value is -2.20. The molecular weight excluding hydrogens is 196 g/mol. The minimum atomic E-state index is 0.827. The van der Waals surface area contributed by atoms with E-state index in [-0.39, 0.29) is 0 Å². The van der Waals surface area contributed by atoms with Crippen LogP contribution in [0, 0.1) is 11.8 Å². The second-order valence-corrected chi connectivity index (χ2v) is 3.31. The third-order valence-electron chi connectivity index (χ3n) is 2.10. The number of ether oxygens (including phenoxy) is 1. The van der Waals surface area contributed by atoms with Crippen LogP contribution in [0.4, 0.5) is 0 Å². The van der Waals surface area contributed by atoms with Gasteiger partial charge in [-0.15, -0.1) is 5.92 Å². The zero-order chi connectivity index (χ0) is 11.2. The maximum Gasteiger partial charge on any atom is 0.127 e. The van der Waals surface area contributed by atoms with E-state index in [1.54, 1.807) is 0 Å². The van der Waals surface area contributed by atoms with Crippen LogP contribution in [0.15, 0.2) is 54.6 Å². The molecule has 0 saturated heterocycles. The first-order chi connectivity index (χ1) is 7.88. The summed E-state index contributed by atoms with van der Waals surface area (Å²) in [6.45, 7) is 1.83. The molecule has 0 fully saturated rings. The van der Waals surface area contributed by atoms with Crippen molar-refractivity contribution in [3.8, 4) is 23.3 Å². The second-order valence-electron chi connectivity index (χ2n) is 3.31. The van der Waals surface area contributed by atoms with Crippen LogP contribution >= 0.6 is 0 Å². The lowest BCUT2D eigenvalue weighted by atomic mass is 10.2. The summed E-state index contributed by atoms with van der Waals surface area (Å²) in [6.07, 6.45) is 0. The summed E-state index contributed by atoms with van der Waals surface area (Å²) in [7, 11) is 0. The maximum atomic E-state index is 5.66. The van der Waals surface area contributed by atoms with Gasteiger partial charge in [-0.1, -0.05) is 24.1 Å². The van der Waals surface area contributed by atoms with Crippen molar-refractivity contribution in [3.63, 3.8) is 0 Å². The van der Waals surface area contributed by atoms with Crippen LogP contribution < -0.4 is 4.74 Å². The van der Waals surface area contributed by atoms with Gasteiger partial charge in [-0.3, -0.25) is 0 Å². The highest BCUT2D eigenvalue weighted by atomic mass is 16.5. The molecule has 78 valence electrons. The molecule has 16 heavy (non-hydrogen) atoms. The molecule has 0 aliphatic heterocycles. The fourth-order valence-corrected chi connectivity index (χ4v) is 1.38.